The molecule has 0 aliphatic carbocycles. The van der Waals surface area contributed by atoms with Gasteiger partial charge in [-0.3, -0.25) is 9.59 Å². The van der Waals surface area contributed by atoms with Crippen LogP contribution in [0.3, 0.4) is 0 Å². The highest BCUT2D eigenvalue weighted by atomic mass is 32.2. The lowest BCUT2D eigenvalue weighted by Crippen LogP contribution is -2.51. The van der Waals surface area contributed by atoms with E-state index in [-0.39, 0.29) is 17.3 Å². The van der Waals surface area contributed by atoms with Crippen molar-refractivity contribution in [3.05, 3.63) is 54.7 Å². The van der Waals surface area contributed by atoms with Gasteiger partial charge in [-0.15, -0.1) is 0 Å². The second-order valence-electron chi connectivity index (χ2n) is 8.10. The molecule has 0 spiro atoms. The van der Waals surface area contributed by atoms with E-state index < -0.39 is 28.6 Å². The molecule has 0 bridgehead atoms. The van der Waals surface area contributed by atoms with Gasteiger partial charge in [0.05, 0.1) is 4.90 Å². The van der Waals surface area contributed by atoms with Crippen molar-refractivity contribution in [1.82, 2.24) is 14.2 Å². The van der Waals surface area contributed by atoms with E-state index in [1.165, 1.54) is 16.4 Å². The zero-order valence-electron chi connectivity index (χ0n) is 18.4. The molecule has 3 heterocycles. The molecule has 1 aromatic heterocycles. The Balaban J connectivity index is 1.32. The molecule has 9 nitrogen and oxygen atoms in total. The van der Waals surface area contributed by atoms with Crippen LogP contribution in [0, 0.1) is 0 Å². The van der Waals surface area contributed by atoms with Gasteiger partial charge < -0.3 is 14.5 Å². The van der Waals surface area contributed by atoms with Crippen LogP contribution in [-0.2, 0) is 24.3 Å². The molecule has 2 fully saturated rings. The van der Waals surface area contributed by atoms with Gasteiger partial charge in [0.1, 0.15) is 11.9 Å². The largest absolute Gasteiger partial charge is 0.454 e. The Labute approximate surface area is 194 Å². The lowest BCUT2D eigenvalue weighted by molar-refractivity contribution is -0.156. The van der Waals surface area contributed by atoms with E-state index in [1.807, 2.05) is 18.2 Å². The van der Waals surface area contributed by atoms with E-state index in [0.717, 1.165) is 12.2 Å². The number of amides is 1. The summed E-state index contributed by atoms with van der Waals surface area (Å²) in [5, 5.41) is 0. The number of aromatic nitrogens is 1. The van der Waals surface area contributed by atoms with Gasteiger partial charge in [-0.1, -0.05) is 24.3 Å². The minimum atomic E-state index is -3.82. The number of benzene rings is 1. The average Bonchev–Trinajstić information content (AvgIpc) is 2.88. The number of piperidine rings is 1. The molecule has 0 radical (unpaired) electrons. The number of pyridine rings is 1. The second kappa shape index (κ2) is 10.3. The highest BCUT2D eigenvalue weighted by Crippen LogP contribution is 2.26. The molecule has 0 N–H and O–H groups in total. The highest BCUT2D eigenvalue weighted by Gasteiger charge is 2.39. The second-order valence-corrected chi connectivity index (χ2v) is 9.99. The first-order valence-corrected chi connectivity index (χ1v) is 12.6. The zero-order chi connectivity index (χ0) is 23.3. The van der Waals surface area contributed by atoms with Gasteiger partial charge in [-0.2, -0.15) is 4.31 Å². The van der Waals surface area contributed by atoms with E-state index >= 15 is 0 Å². The Kier molecular flexibility index (Phi) is 7.24. The number of anilines is 1. The topological polar surface area (TPSA) is 100 Å². The molecule has 2 aromatic rings. The van der Waals surface area contributed by atoms with E-state index in [1.54, 1.807) is 29.3 Å². The van der Waals surface area contributed by atoms with E-state index in [4.69, 9.17) is 4.74 Å². The maximum absolute atomic E-state index is 13.1. The molecule has 4 rings (SSSR count). The third-order valence-corrected chi connectivity index (χ3v) is 7.94. The summed E-state index contributed by atoms with van der Waals surface area (Å²) in [5.41, 5.74) is 0. The van der Waals surface area contributed by atoms with Crippen LogP contribution in [0.15, 0.2) is 59.6 Å². The van der Waals surface area contributed by atoms with Crippen molar-refractivity contribution in [2.24, 2.45) is 0 Å². The monoisotopic (exact) mass is 472 g/mol. The van der Waals surface area contributed by atoms with Crippen LogP contribution in [0.2, 0.25) is 0 Å². The van der Waals surface area contributed by atoms with Gasteiger partial charge in [0, 0.05) is 38.9 Å². The molecule has 33 heavy (non-hydrogen) atoms. The van der Waals surface area contributed by atoms with Crippen LogP contribution in [0.25, 0.3) is 0 Å². The zero-order valence-corrected chi connectivity index (χ0v) is 19.2. The molecule has 10 heteroatoms. The van der Waals surface area contributed by atoms with Gasteiger partial charge in [0.15, 0.2) is 6.61 Å². The van der Waals surface area contributed by atoms with E-state index in [9.17, 15) is 18.0 Å². The van der Waals surface area contributed by atoms with Crippen molar-refractivity contribution in [2.45, 2.75) is 30.2 Å². The van der Waals surface area contributed by atoms with Crippen molar-refractivity contribution in [2.75, 3.05) is 44.2 Å². The fourth-order valence-corrected chi connectivity index (χ4v) is 5.87. The van der Waals surface area contributed by atoms with Crippen LogP contribution < -0.4 is 4.90 Å². The van der Waals surface area contributed by atoms with E-state index in [0.29, 0.717) is 39.0 Å². The first-order valence-electron chi connectivity index (χ1n) is 11.1. The number of ether oxygens (including phenoxy) is 1. The SMILES string of the molecule is O=C(OCC(=O)N1CCN(c2ccccn2)CC1)C1CCCCN1S(=O)(=O)c1ccccc1. The van der Waals surface area contributed by atoms with Crippen molar-refractivity contribution >= 4 is 27.7 Å². The Morgan fingerprint density at radius 1 is 0.939 bits per heavy atom. The summed E-state index contributed by atoms with van der Waals surface area (Å²) in [5.74, 6) is -0.0833. The molecule has 1 atom stereocenters. The molecule has 2 aliphatic heterocycles. The highest BCUT2D eigenvalue weighted by molar-refractivity contribution is 7.89. The lowest BCUT2D eigenvalue weighted by atomic mass is 10.1. The maximum Gasteiger partial charge on any atom is 0.324 e. The van der Waals surface area contributed by atoms with Crippen LogP contribution in [0.5, 0.6) is 0 Å². The average molecular weight is 473 g/mol. The molecule has 1 amide bonds. The number of hydrogen-bond acceptors (Lipinski definition) is 7. The van der Waals surface area contributed by atoms with Crippen LogP contribution >= 0.6 is 0 Å². The molecule has 176 valence electrons. The number of hydrogen-bond donors (Lipinski definition) is 0. The van der Waals surface area contributed by atoms with Crippen LogP contribution in [-0.4, -0.2) is 79.9 Å². The molecule has 1 aromatic carbocycles. The summed E-state index contributed by atoms with van der Waals surface area (Å²) in [4.78, 5) is 33.6. The number of esters is 1. The Morgan fingerprint density at radius 3 is 2.36 bits per heavy atom. The lowest BCUT2D eigenvalue weighted by Gasteiger charge is -2.35. The maximum atomic E-state index is 13.1. The van der Waals surface area contributed by atoms with Crippen LogP contribution in [0.1, 0.15) is 19.3 Å². The molecular formula is C23H28N4O5S. The predicted molar refractivity (Wildman–Crippen MR) is 122 cm³/mol. The molecule has 0 saturated carbocycles. The predicted octanol–water partition coefficient (Wildman–Crippen LogP) is 1.52. The quantitative estimate of drug-likeness (QED) is 0.588. The number of carbonyl (C=O) groups excluding carboxylic acids is 2. The summed E-state index contributed by atoms with van der Waals surface area (Å²) in [7, 11) is -3.82. The van der Waals surface area contributed by atoms with Gasteiger partial charge in [-0.25, -0.2) is 13.4 Å². The number of rotatable bonds is 6. The van der Waals surface area contributed by atoms with Crippen LogP contribution in [0.4, 0.5) is 5.82 Å². The molecule has 2 aliphatic rings. The fraction of sp³-hybridized carbons (Fsp3) is 0.435. The molecule has 1 unspecified atom stereocenters. The Bertz CT molecular complexity index is 1060. The summed E-state index contributed by atoms with van der Waals surface area (Å²) in [6.45, 7) is 2.15. The first-order chi connectivity index (χ1) is 16.0. The standard InChI is InChI=1S/C23H28N4O5S/c28-22(26-16-14-25(15-17-26)21-11-4-6-12-24-21)18-32-23(29)20-10-5-7-13-27(20)33(30,31)19-8-2-1-3-9-19/h1-4,6,8-9,11-12,20H,5,7,10,13-18H2. The van der Waals surface area contributed by atoms with E-state index in [2.05, 4.69) is 9.88 Å². The third-order valence-electron chi connectivity index (χ3n) is 6.02. The summed E-state index contributed by atoms with van der Waals surface area (Å²) in [6, 6.07) is 12.9. The van der Waals surface area contributed by atoms with Gasteiger partial charge in [0.2, 0.25) is 10.0 Å². The van der Waals surface area contributed by atoms with Crippen molar-refractivity contribution < 1.29 is 22.7 Å². The van der Waals surface area contributed by atoms with Crippen molar-refractivity contribution in [3.63, 3.8) is 0 Å². The Morgan fingerprint density at radius 2 is 1.67 bits per heavy atom. The number of carbonyl (C=O) groups is 2. The fourth-order valence-electron chi connectivity index (χ4n) is 4.20. The van der Waals surface area contributed by atoms with Crippen molar-refractivity contribution in [3.8, 4) is 0 Å². The summed E-state index contributed by atoms with van der Waals surface area (Å²) in [6.07, 6.45) is 3.51. The smallest absolute Gasteiger partial charge is 0.324 e. The molecular weight excluding hydrogens is 444 g/mol. The summed E-state index contributed by atoms with van der Waals surface area (Å²) < 4.78 is 32.7. The minimum Gasteiger partial charge on any atom is -0.454 e. The Hall–Kier alpha value is -2.98. The summed E-state index contributed by atoms with van der Waals surface area (Å²) >= 11 is 0. The first kappa shape index (κ1) is 23.2. The third kappa shape index (κ3) is 5.33. The van der Waals surface area contributed by atoms with Gasteiger partial charge in [-0.05, 0) is 43.5 Å². The van der Waals surface area contributed by atoms with Crippen molar-refractivity contribution in [1.29, 1.82) is 0 Å². The molecule has 2 saturated heterocycles. The van der Waals surface area contributed by atoms with Gasteiger partial charge >= 0.3 is 5.97 Å². The number of piperazine rings is 1. The number of sulfonamides is 1. The minimum absolute atomic E-state index is 0.145. The van der Waals surface area contributed by atoms with Gasteiger partial charge in [0.25, 0.3) is 5.91 Å². The normalized spacial score (nSPS) is 19.8. The number of nitrogens with zero attached hydrogens (tertiary/aromatic N) is 4.